The maximum atomic E-state index is 12.7. The number of alkyl halides is 3. The average Bonchev–Trinajstić information content (AvgIpc) is 3.26. The number of amides is 1. The number of anilines is 1. The van der Waals surface area contributed by atoms with Gasteiger partial charge in [0.2, 0.25) is 5.91 Å². The van der Waals surface area contributed by atoms with Crippen LogP contribution in [0.1, 0.15) is 5.56 Å². The van der Waals surface area contributed by atoms with E-state index in [9.17, 15) is 22.8 Å². The largest absolute Gasteiger partial charge is 0.416 e. The van der Waals surface area contributed by atoms with Gasteiger partial charge >= 0.3 is 11.0 Å². The molecule has 5 nitrogen and oxygen atoms in total. The van der Waals surface area contributed by atoms with E-state index in [1.807, 2.05) is 0 Å². The van der Waals surface area contributed by atoms with Gasteiger partial charge in [0.15, 0.2) is 5.13 Å². The van der Waals surface area contributed by atoms with Crippen LogP contribution in [0.3, 0.4) is 0 Å². The molecule has 0 radical (unpaired) electrons. The van der Waals surface area contributed by atoms with Crippen LogP contribution in [0.25, 0.3) is 20.7 Å². The lowest BCUT2D eigenvalue weighted by atomic mass is 10.1. The van der Waals surface area contributed by atoms with Gasteiger partial charge in [-0.2, -0.15) is 13.2 Å². The molecule has 0 atom stereocenters. The van der Waals surface area contributed by atoms with Crippen LogP contribution in [0.4, 0.5) is 18.3 Å². The van der Waals surface area contributed by atoms with E-state index in [4.69, 9.17) is 11.6 Å². The van der Waals surface area contributed by atoms with E-state index in [2.05, 4.69) is 10.3 Å². The fourth-order valence-electron chi connectivity index (χ4n) is 2.78. The maximum absolute atomic E-state index is 12.7. The Bertz CT molecular complexity index is 1290. The number of nitrogens with zero attached hydrogens (tertiary/aromatic N) is 2. The van der Waals surface area contributed by atoms with Crippen LogP contribution in [0, 0.1) is 0 Å². The van der Waals surface area contributed by atoms with Crippen LogP contribution in [0.5, 0.6) is 0 Å². The third-order valence-corrected chi connectivity index (χ3v) is 6.34. The van der Waals surface area contributed by atoms with Crippen molar-refractivity contribution >= 4 is 55.5 Å². The third kappa shape index (κ3) is 4.25. The average molecular weight is 470 g/mol. The van der Waals surface area contributed by atoms with Gasteiger partial charge in [-0.25, -0.2) is 4.98 Å². The second kappa shape index (κ2) is 7.86. The number of carbonyl (C=O) groups is 1. The summed E-state index contributed by atoms with van der Waals surface area (Å²) in [5.74, 6) is -0.454. The van der Waals surface area contributed by atoms with Crippen molar-refractivity contribution in [3.63, 3.8) is 0 Å². The maximum Gasteiger partial charge on any atom is 0.416 e. The zero-order chi connectivity index (χ0) is 21.5. The topological polar surface area (TPSA) is 64.0 Å². The monoisotopic (exact) mass is 469 g/mol. The van der Waals surface area contributed by atoms with Crippen LogP contribution < -0.4 is 10.2 Å². The number of aromatic nitrogens is 2. The van der Waals surface area contributed by atoms with E-state index in [1.165, 1.54) is 22.9 Å². The molecule has 0 fully saturated rings. The van der Waals surface area contributed by atoms with Crippen molar-refractivity contribution in [1.29, 1.82) is 0 Å². The van der Waals surface area contributed by atoms with Crippen LogP contribution in [-0.4, -0.2) is 15.5 Å². The van der Waals surface area contributed by atoms with Gasteiger partial charge in [0, 0.05) is 11.2 Å². The van der Waals surface area contributed by atoms with E-state index in [-0.39, 0.29) is 16.5 Å². The number of benzene rings is 2. The summed E-state index contributed by atoms with van der Waals surface area (Å²) in [4.78, 5) is 29.0. The van der Waals surface area contributed by atoms with Crippen molar-refractivity contribution in [2.24, 2.45) is 0 Å². The highest BCUT2D eigenvalue weighted by molar-refractivity contribution is 7.19. The van der Waals surface area contributed by atoms with E-state index in [1.54, 1.807) is 18.2 Å². The minimum absolute atomic E-state index is 0.214. The molecule has 4 rings (SSSR count). The molecule has 0 bridgehead atoms. The SMILES string of the molecule is O=C(Cn1c(=O)sc2ccc(Cl)cc21)Nc1ncc(-c2ccc(C(F)(F)F)cc2)s1. The first kappa shape index (κ1) is 20.6. The molecule has 2 aromatic heterocycles. The number of hydrogen-bond acceptors (Lipinski definition) is 5. The molecular weight excluding hydrogens is 459 g/mol. The molecule has 1 N–H and O–H groups in total. The fraction of sp³-hybridized carbons (Fsp3) is 0.105. The first-order valence-corrected chi connectivity index (χ1v) is 10.4. The molecular formula is C19H11ClF3N3O2S2. The first-order chi connectivity index (χ1) is 14.2. The summed E-state index contributed by atoms with van der Waals surface area (Å²) in [6.07, 6.45) is -2.94. The van der Waals surface area contributed by atoms with Crippen LogP contribution in [0.2, 0.25) is 5.02 Å². The van der Waals surface area contributed by atoms with Gasteiger partial charge in [-0.05, 0) is 35.9 Å². The molecule has 30 heavy (non-hydrogen) atoms. The van der Waals surface area contributed by atoms with Gasteiger partial charge in [-0.3, -0.25) is 14.2 Å². The Kier molecular flexibility index (Phi) is 5.39. The van der Waals surface area contributed by atoms with Crippen LogP contribution in [0.15, 0.2) is 53.5 Å². The Morgan fingerprint density at radius 3 is 2.57 bits per heavy atom. The summed E-state index contributed by atoms with van der Waals surface area (Å²) in [5, 5.41) is 3.35. The quantitative estimate of drug-likeness (QED) is 0.429. The lowest BCUT2D eigenvalue weighted by Crippen LogP contribution is -2.24. The van der Waals surface area contributed by atoms with E-state index >= 15 is 0 Å². The molecule has 0 saturated carbocycles. The van der Waals surface area contributed by atoms with Gasteiger partial charge in [0.05, 0.1) is 20.7 Å². The van der Waals surface area contributed by atoms with Gasteiger partial charge < -0.3 is 5.32 Å². The second-order valence-electron chi connectivity index (χ2n) is 6.22. The Morgan fingerprint density at radius 1 is 1.13 bits per heavy atom. The van der Waals surface area contributed by atoms with Crippen LogP contribution in [-0.2, 0) is 17.5 Å². The summed E-state index contributed by atoms with van der Waals surface area (Å²) in [6, 6.07) is 9.69. The molecule has 0 unspecified atom stereocenters. The molecule has 0 aliphatic heterocycles. The lowest BCUT2D eigenvalue weighted by Gasteiger charge is -2.06. The zero-order valence-electron chi connectivity index (χ0n) is 14.9. The molecule has 0 spiro atoms. The van der Waals surface area contributed by atoms with E-state index < -0.39 is 17.6 Å². The molecule has 2 heterocycles. The molecule has 11 heteroatoms. The minimum Gasteiger partial charge on any atom is -0.300 e. The summed E-state index contributed by atoms with van der Waals surface area (Å²) < 4.78 is 40.1. The molecule has 0 aliphatic rings. The first-order valence-electron chi connectivity index (χ1n) is 8.43. The van der Waals surface area contributed by atoms with Gasteiger partial charge in [-0.1, -0.05) is 46.4 Å². The van der Waals surface area contributed by atoms with Crippen molar-refractivity contribution in [1.82, 2.24) is 9.55 Å². The zero-order valence-corrected chi connectivity index (χ0v) is 17.3. The van der Waals surface area contributed by atoms with Crippen molar-refractivity contribution in [3.05, 3.63) is 68.9 Å². The van der Waals surface area contributed by atoms with Gasteiger partial charge in [-0.15, -0.1) is 0 Å². The molecule has 1 amide bonds. The fourth-order valence-corrected chi connectivity index (χ4v) is 4.65. The lowest BCUT2D eigenvalue weighted by molar-refractivity contribution is -0.137. The summed E-state index contributed by atoms with van der Waals surface area (Å²) in [6.45, 7) is -0.214. The highest BCUT2D eigenvalue weighted by atomic mass is 35.5. The standard InChI is InChI=1S/C19H11ClF3N3O2S2/c20-12-5-6-14-13(7-12)26(18(28)30-14)9-16(27)25-17-24-8-15(29-17)10-1-3-11(4-2-10)19(21,22)23/h1-8H,9H2,(H,24,25,27). The molecule has 0 aliphatic carbocycles. The number of halogens is 4. The van der Waals surface area contributed by atoms with Gasteiger partial charge in [0.1, 0.15) is 6.54 Å². The highest BCUT2D eigenvalue weighted by Crippen LogP contribution is 2.33. The highest BCUT2D eigenvalue weighted by Gasteiger charge is 2.30. The molecule has 0 saturated heterocycles. The van der Waals surface area contributed by atoms with Crippen molar-refractivity contribution in [2.75, 3.05) is 5.32 Å². The molecule has 2 aromatic carbocycles. The Labute approximate surface area is 180 Å². The third-order valence-electron chi connectivity index (χ3n) is 4.18. The predicted molar refractivity (Wildman–Crippen MR) is 112 cm³/mol. The van der Waals surface area contributed by atoms with E-state index in [0.717, 1.165) is 39.5 Å². The Balaban J connectivity index is 1.49. The van der Waals surface area contributed by atoms with Crippen molar-refractivity contribution in [3.8, 4) is 10.4 Å². The summed E-state index contributed by atoms with van der Waals surface area (Å²) >= 11 is 8.12. The normalized spacial score (nSPS) is 11.7. The number of carbonyl (C=O) groups excluding carboxylic acids is 1. The number of thiazole rings is 2. The number of hydrogen-bond donors (Lipinski definition) is 1. The number of fused-ring (bicyclic) bond motifs is 1. The summed E-state index contributed by atoms with van der Waals surface area (Å²) in [7, 11) is 0. The summed E-state index contributed by atoms with van der Waals surface area (Å²) in [5.41, 5.74) is 0.380. The predicted octanol–water partition coefficient (Wildman–Crippen LogP) is 5.50. The Morgan fingerprint density at radius 2 is 1.87 bits per heavy atom. The minimum atomic E-state index is -4.40. The van der Waals surface area contributed by atoms with Crippen molar-refractivity contribution < 1.29 is 18.0 Å². The molecule has 4 aromatic rings. The van der Waals surface area contributed by atoms with Crippen molar-refractivity contribution in [2.45, 2.75) is 12.7 Å². The number of nitrogens with one attached hydrogen (secondary N) is 1. The Hall–Kier alpha value is -2.69. The smallest absolute Gasteiger partial charge is 0.300 e. The molecule has 154 valence electrons. The van der Waals surface area contributed by atoms with Gasteiger partial charge in [0.25, 0.3) is 0 Å². The van der Waals surface area contributed by atoms with Crippen LogP contribution >= 0.6 is 34.3 Å². The number of rotatable bonds is 4. The van der Waals surface area contributed by atoms with E-state index in [0.29, 0.717) is 21.0 Å². The second-order valence-corrected chi connectivity index (χ2v) is 8.68.